The van der Waals surface area contributed by atoms with Crippen LogP contribution in [0, 0.1) is 11.8 Å². The number of fused-ring (bicyclic) bond motifs is 2. The van der Waals surface area contributed by atoms with E-state index in [9.17, 15) is 19.5 Å². The highest BCUT2D eigenvalue weighted by Crippen LogP contribution is 2.54. The topological polar surface area (TPSA) is 90.4 Å². The molecule has 1 unspecified atom stereocenters. The lowest BCUT2D eigenvalue weighted by Crippen LogP contribution is -2.58. The maximum Gasteiger partial charge on any atom is 0.249 e. The SMILES string of the molecule is CCCCCN1CC=C[C@]23O[C@H]4C=CCN(Cc5ccccc5)C(=O)[C@H]4[C@H]2C(=O)N([C@@H](CO)Cc2ccccc2)C3C1=O. The smallest absolute Gasteiger partial charge is 0.249 e. The van der Waals surface area contributed by atoms with Gasteiger partial charge in [-0.05, 0) is 24.0 Å². The third-order valence-electron chi connectivity index (χ3n) is 9.43. The van der Waals surface area contributed by atoms with E-state index in [0.717, 1.165) is 30.4 Å². The van der Waals surface area contributed by atoms with Crippen LogP contribution in [0.2, 0.25) is 0 Å². The van der Waals surface area contributed by atoms with E-state index in [1.807, 2.05) is 89.9 Å². The zero-order chi connectivity index (χ0) is 30.0. The third-order valence-corrected chi connectivity index (χ3v) is 9.43. The molecule has 0 bridgehead atoms. The van der Waals surface area contributed by atoms with Crippen molar-refractivity contribution in [3.8, 4) is 0 Å². The second-order valence-electron chi connectivity index (χ2n) is 12.1. The standard InChI is InChI=1S/C35H41N3O5/c1-2-3-10-19-36-21-12-18-35-30(29-28(43-35)17-11-20-37(32(29)40)23-26-15-8-5-9-16-26)33(41)38(31(35)34(36)42)27(24-39)22-25-13-6-4-7-14-25/h4-9,11-18,27-31,39H,2-3,10,19-24H2,1H3/t27-,28+,29-,30+,31?,35+/m1/s1. The van der Waals surface area contributed by atoms with Gasteiger partial charge in [0, 0.05) is 26.2 Å². The van der Waals surface area contributed by atoms with Gasteiger partial charge >= 0.3 is 0 Å². The van der Waals surface area contributed by atoms with Crippen molar-refractivity contribution in [3.63, 3.8) is 0 Å². The number of hydrogen-bond acceptors (Lipinski definition) is 5. The van der Waals surface area contributed by atoms with E-state index in [1.54, 1.807) is 9.80 Å². The molecule has 8 heteroatoms. The van der Waals surface area contributed by atoms with Crippen molar-refractivity contribution in [2.45, 2.75) is 62.9 Å². The molecule has 6 rings (SSSR count). The summed E-state index contributed by atoms with van der Waals surface area (Å²) in [4.78, 5) is 48.6. The molecule has 3 amide bonds. The summed E-state index contributed by atoms with van der Waals surface area (Å²) in [6, 6.07) is 17.9. The monoisotopic (exact) mass is 583 g/mol. The van der Waals surface area contributed by atoms with Gasteiger partial charge in [-0.15, -0.1) is 0 Å². The molecule has 1 N–H and O–H groups in total. The number of ether oxygens (including phenoxy) is 1. The lowest BCUT2D eigenvalue weighted by molar-refractivity contribution is -0.151. The molecule has 226 valence electrons. The summed E-state index contributed by atoms with van der Waals surface area (Å²) in [5.74, 6) is -2.29. The number of likely N-dealkylation sites (tertiary alicyclic amines) is 1. The maximum absolute atomic E-state index is 14.7. The molecular weight excluding hydrogens is 542 g/mol. The molecule has 6 atom stereocenters. The highest BCUT2D eigenvalue weighted by molar-refractivity contribution is 6.00. The molecule has 4 aliphatic rings. The van der Waals surface area contributed by atoms with Crippen LogP contribution < -0.4 is 0 Å². The zero-order valence-corrected chi connectivity index (χ0v) is 24.8. The molecule has 0 saturated carbocycles. The Morgan fingerprint density at radius 3 is 2.28 bits per heavy atom. The van der Waals surface area contributed by atoms with Crippen molar-refractivity contribution in [1.82, 2.24) is 14.7 Å². The first kappa shape index (κ1) is 29.3. The fourth-order valence-corrected chi connectivity index (χ4v) is 7.41. The van der Waals surface area contributed by atoms with Crippen molar-refractivity contribution in [3.05, 3.63) is 96.1 Å². The molecule has 4 heterocycles. The van der Waals surface area contributed by atoms with Crippen LogP contribution in [-0.2, 0) is 32.1 Å². The Morgan fingerprint density at radius 1 is 0.884 bits per heavy atom. The predicted molar refractivity (Wildman–Crippen MR) is 162 cm³/mol. The third kappa shape index (κ3) is 5.31. The van der Waals surface area contributed by atoms with Gasteiger partial charge in [0.05, 0.1) is 30.6 Å². The van der Waals surface area contributed by atoms with Crippen LogP contribution in [0.4, 0.5) is 0 Å². The van der Waals surface area contributed by atoms with Gasteiger partial charge in [-0.1, -0.05) is 105 Å². The van der Waals surface area contributed by atoms with E-state index >= 15 is 0 Å². The Hall–Kier alpha value is -3.75. The molecule has 8 nitrogen and oxygen atoms in total. The molecule has 0 radical (unpaired) electrons. The minimum absolute atomic E-state index is 0.150. The number of amides is 3. The van der Waals surface area contributed by atoms with Crippen molar-refractivity contribution in [1.29, 1.82) is 0 Å². The molecule has 2 fully saturated rings. The normalized spacial score (nSPS) is 28.9. The number of carbonyl (C=O) groups is 3. The predicted octanol–water partition coefficient (Wildman–Crippen LogP) is 3.36. The number of unbranched alkanes of at least 4 members (excludes halogenated alkanes) is 2. The minimum Gasteiger partial charge on any atom is -0.394 e. The molecule has 1 spiro atoms. The van der Waals surface area contributed by atoms with Gasteiger partial charge in [0.15, 0.2) is 0 Å². The van der Waals surface area contributed by atoms with Gasteiger partial charge in [0.2, 0.25) is 17.7 Å². The summed E-state index contributed by atoms with van der Waals surface area (Å²) >= 11 is 0. The van der Waals surface area contributed by atoms with Gasteiger partial charge in [-0.3, -0.25) is 14.4 Å². The lowest BCUT2D eigenvalue weighted by Gasteiger charge is -2.38. The summed E-state index contributed by atoms with van der Waals surface area (Å²) < 4.78 is 6.79. The number of aliphatic hydroxyl groups excluding tert-OH is 1. The molecule has 2 aromatic rings. The minimum atomic E-state index is -1.30. The second kappa shape index (κ2) is 12.5. The van der Waals surface area contributed by atoms with Gasteiger partial charge in [-0.2, -0.15) is 0 Å². The van der Waals surface area contributed by atoms with E-state index < -0.39 is 35.6 Å². The van der Waals surface area contributed by atoms with Crippen LogP contribution in [0.1, 0.15) is 37.3 Å². The molecule has 2 aromatic carbocycles. The van der Waals surface area contributed by atoms with E-state index in [4.69, 9.17) is 4.74 Å². The Balaban J connectivity index is 1.39. The maximum atomic E-state index is 14.7. The lowest BCUT2D eigenvalue weighted by atomic mass is 9.77. The summed E-state index contributed by atoms with van der Waals surface area (Å²) in [6.45, 7) is 3.64. The number of hydrogen-bond donors (Lipinski definition) is 1. The molecule has 0 aliphatic carbocycles. The van der Waals surface area contributed by atoms with Crippen LogP contribution in [0.25, 0.3) is 0 Å². The first-order valence-corrected chi connectivity index (χ1v) is 15.6. The number of rotatable bonds is 10. The van der Waals surface area contributed by atoms with Crippen LogP contribution >= 0.6 is 0 Å². The number of carbonyl (C=O) groups excluding carboxylic acids is 3. The average Bonchev–Trinajstić information content (AvgIpc) is 3.36. The summed E-state index contributed by atoms with van der Waals surface area (Å²) in [5.41, 5.74) is 0.658. The number of aliphatic hydroxyl groups is 1. The summed E-state index contributed by atoms with van der Waals surface area (Å²) in [5, 5.41) is 10.7. The highest BCUT2D eigenvalue weighted by atomic mass is 16.5. The molecule has 0 aromatic heterocycles. The van der Waals surface area contributed by atoms with Gasteiger partial charge in [0.1, 0.15) is 11.6 Å². The van der Waals surface area contributed by atoms with Crippen molar-refractivity contribution in [2.24, 2.45) is 11.8 Å². The van der Waals surface area contributed by atoms with Crippen LogP contribution in [0.5, 0.6) is 0 Å². The second-order valence-corrected chi connectivity index (χ2v) is 12.1. The zero-order valence-electron chi connectivity index (χ0n) is 24.8. The quantitative estimate of drug-likeness (QED) is 0.342. The summed E-state index contributed by atoms with van der Waals surface area (Å²) in [7, 11) is 0. The van der Waals surface area contributed by atoms with Crippen LogP contribution in [-0.4, -0.2) is 87.6 Å². The van der Waals surface area contributed by atoms with Crippen molar-refractivity contribution >= 4 is 17.7 Å². The fraction of sp³-hybridized carbons (Fsp3) is 0.457. The average molecular weight is 584 g/mol. The Labute approximate surface area is 253 Å². The van der Waals surface area contributed by atoms with Crippen LogP contribution in [0.15, 0.2) is 85.0 Å². The van der Waals surface area contributed by atoms with E-state index in [2.05, 4.69) is 6.92 Å². The fourth-order valence-electron chi connectivity index (χ4n) is 7.41. The first-order valence-electron chi connectivity index (χ1n) is 15.6. The largest absolute Gasteiger partial charge is 0.394 e. The Kier molecular flexibility index (Phi) is 8.50. The summed E-state index contributed by atoms with van der Waals surface area (Å²) in [6.07, 6.45) is 10.3. The van der Waals surface area contributed by atoms with E-state index in [0.29, 0.717) is 32.6 Å². The van der Waals surface area contributed by atoms with Crippen molar-refractivity contribution in [2.75, 3.05) is 26.2 Å². The molecule has 2 saturated heterocycles. The van der Waals surface area contributed by atoms with Crippen LogP contribution in [0.3, 0.4) is 0 Å². The van der Waals surface area contributed by atoms with Gasteiger partial charge in [-0.25, -0.2) is 0 Å². The molecular formula is C35H41N3O5. The van der Waals surface area contributed by atoms with Crippen molar-refractivity contribution < 1.29 is 24.2 Å². The number of nitrogens with zero attached hydrogens (tertiary/aromatic N) is 3. The Bertz CT molecular complexity index is 1380. The van der Waals surface area contributed by atoms with Gasteiger partial charge < -0.3 is 24.5 Å². The van der Waals surface area contributed by atoms with E-state index in [-0.39, 0.29) is 24.3 Å². The van der Waals surface area contributed by atoms with Gasteiger partial charge in [0.25, 0.3) is 0 Å². The van der Waals surface area contributed by atoms with E-state index in [1.165, 1.54) is 0 Å². The first-order chi connectivity index (χ1) is 21.0. The molecule has 43 heavy (non-hydrogen) atoms. The molecule has 4 aliphatic heterocycles. The number of benzene rings is 2. The highest BCUT2D eigenvalue weighted by Gasteiger charge is 2.72. The Morgan fingerprint density at radius 2 is 1.58 bits per heavy atom.